The summed E-state index contributed by atoms with van der Waals surface area (Å²) in [5.41, 5.74) is 0.534. The van der Waals surface area contributed by atoms with E-state index in [9.17, 15) is 20.3 Å². The molecule has 0 saturated heterocycles. The van der Waals surface area contributed by atoms with Gasteiger partial charge in [-0.15, -0.1) is 0 Å². The van der Waals surface area contributed by atoms with E-state index in [-0.39, 0.29) is 5.69 Å². The van der Waals surface area contributed by atoms with E-state index in [0.717, 1.165) is 12.8 Å². The Labute approximate surface area is 136 Å². The second-order valence-electron chi connectivity index (χ2n) is 6.46. The van der Waals surface area contributed by atoms with Crippen LogP contribution in [-0.4, -0.2) is 45.3 Å². The largest absolute Gasteiger partial charge is 0.392 e. The Bertz CT molecular complexity index is 515. The normalized spacial score (nSPS) is 18.8. The molecule has 2 rings (SSSR count). The molecular formula is C17H26N2O4. The van der Waals surface area contributed by atoms with Crippen molar-refractivity contribution in [2.24, 2.45) is 0 Å². The average molecular weight is 322 g/mol. The number of benzene rings is 1. The molecule has 1 fully saturated rings. The molecule has 0 aliphatic heterocycles. The van der Waals surface area contributed by atoms with Gasteiger partial charge in [-0.05, 0) is 25.3 Å². The van der Waals surface area contributed by atoms with Crippen molar-refractivity contribution in [2.75, 3.05) is 13.1 Å². The Hall–Kier alpha value is -1.50. The van der Waals surface area contributed by atoms with Crippen molar-refractivity contribution in [3.63, 3.8) is 0 Å². The molecule has 1 aliphatic rings. The van der Waals surface area contributed by atoms with E-state index < -0.39 is 17.1 Å². The van der Waals surface area contributed by atoms with Crippen molar-refractivity contribution in [2.45, 2.75) is 57.3 Å². The minimum absolute atomic E-state index is 0.0127. The highest BCUT2D eigenvalue weighted by atomic mass is 16.6. The topological polar surface area (TPSA) is 86.8 Å². The van der Waals surface area contributed by atoms with Gasteiger partial charge in [-0.25, -0.2) is 0 Å². The van der Waals surface area contributed by atoms with Crippen LogP contribution in [0.1, 0.15) is 50.7 Å². The number of nitro benzene ring substituents is 1. The van der Waals surface area contributed by atoms with Crippen LogP contribution >= 0.6 is 0 Å². The molecule has 128 valence electrons. The number of hydrogen-bond donors (Lipinski definition) is 2. The van der Waals surface area contributed by atoms with E-state index in [4.69, 9.17) is 0 Å². The van der Waals surface area contributed by atoms with Gasteiger partial charge in [0.2, 0.25) is 0 Å². The zero-order valence-corrected chi connectivity index (χ0v) is 13.6. The van der Waals surface area contributed by atoms with E-state index in [1.807, 2.05) is 0 Å². The second-order valence-corrected chi connectivity index (χ2v) is 6.46. The maximum absolute atomic E-state index is 10.9. The number of non-ortho nitro benzene ring substituents is 1. The predicted molar refractivity (Wildman–Crippen MR) is 88.2 cm³/mol. The van der Waals surface area contributed by atoms with Gasteiger partial charge in [-0.3, -0.25) is 15.0 Å². The van der Waals surface area contributed by atoms with E-state index in [1.54, 1.807) is 19.1 Å². The number of aliphatic hydroxyl groups excluding tert-OH is 2. The summed E-state index contributed by atoms with van der Waals surface area (Å²) in [6.07, 6.45) is 4.49. The van der Waals surface area contributed by atoms with Crippen LogP contribution < -0.4 is 0 Å². The first-order chi connectivity index (χ1) is 11.0. The molecule has 1 aliphatic carbocycles. The fraction of sp³-hybridized carbons (Fsp3) is 0.647. The van der Waals surface area contributed by atoms with Crippen LogP contribution in [0.5, 0.6) is 0 Å². The lowest BCUT2D eigenvalue weighted by atomic mass is 9.93. The van der Waals surface area contributed by atoms with E-state index in [0.29, 0.717) is 24.7 Å². The molecule has 2 unspecified atom stereocenters. The van der Waals surface area contributed by atoms with Gasteiger partial charge < -0.3 is 10.2 Å². The third-order valence-electron chi connectivity index (χ3n) is 4.46. The number of nitrogens with zero attached hydrogens (tertiary/aromatic N) is 2. The maximum Gasteiger partial charge on any atom is 0.269 e. The molecule has 1 aromatic carbocycles. The molecule has 2 N–H and O–H groups in total. The molecule has 0 heterocycles. The van der Waals surface area contributed by atoms with Crippen LogP contribution in [0, 0.1) is 10.1 Å². The van der Waals surface area contributed by atoms with Gasteiger partial charge in [0.05, 0.1) is 17.1 Å². The molecule has 2 atom stereocenters. The highest BCUT2D eigenvalue weighted by Crippen LogP contribution is 2.26. The first-order valence-corrected chi connectivity index (χ1v) is 8.32. The van der Waals surface area contributed by atoms with Crippen molar-refractivity contribution in [1.82, 2.24) is 4.90 Å². The monoisotopic (exact) mass is 322 g/mol. The minimum Gasteiger partial charge on any atom is -0.392 e. The van der Waals surface area contributed by atoms with Gasteiger partial charge in [-0.1, -0.05) is 31.4 Å². The average Bonchev–Trinajstić information content (AvgIpc) is 2.54. The molecule has 0 amide bonds. The highest BCUT2D eigenvalue weighted by molar-refractivity contribution is 5.35. The Kier molecular flexibility index (Phi) is 6.50. The first kappa shape index (κ1) is 17.8. The van der Waals surface area contributed by atoms with Crippen LogP contribution in [0.4, 0.5) is 5.69 Å². The summed E-state index contributed by atoms with van der Waals surface area (Å²) in [5.74, 6) is 0. The molecule has 6 heteroatoms. The van der Waals surface area contributed by atoms with Crippen molar-refractivity contribution in [3.05, 3.63) is 39.9 Å². The van der Waals surface area contributed by atoms with Crippen LogP contribution in [0.15, 0.2) is 24.3 Å². The lowest BCUT2D eigenvalue weighted by Crippen LogP contribution is -2.43. The summed E-state index contributed by atoms with van der Waals surface area (Å²) < 4.78 is 0. The molecule has 0 radical (unpaired) electrons. The summed E-state index contributed by atoms with van der Waals surface area (Å²) in [7, 11) is 0. The van der Waals surface area contributed by atoms with Crippen LogP contribution in [-0.2, 0) is 0 Å². The van der Waals surface area contributed by atoms with Gasteiger partial charge in [-0.2, -0.15) is 0 Å². The van der Waals surface area contributed by atoms with Gasteiger partial charge >= 0.3 is 0 Å². The number of aliphatic hydroxyl groups is 2. The van der Waals surface area contributed by atoms with E-state index in [2.05, 4.69) is 4.90 Å². The SMILES string of the molecule is CC(O)CN(CC(O)c1cccc([N+](=O)[O-])c1)C1CCCCC1. The molecule has 23 heavy (non-hydrogen) atoms. The fourth-order valence-electron chi connectivity index (χ4n) is 3.33. The summed E-state index contributed by atoms with van der Waals surface area (Å²) in [6.45, 7) is 2.64. The molecule has 1 aromatic rings. The van der Waals surface area contributed by atoms with Gasteiger partial charge in [0.25, 0.3) is 5.69 Å². The Morgan fingerprint density at radius 1 is 1.26 bits per heavy atom. The zero-order chi connectivity index (χ0) is 16.8. The Morgan fingerprint density at radius 3 is 2.57 bits per heavy atom. The Morgan fingerprint density at radius 2 is 1.96 bits per heavy atom. The third kappa shape index (κ3) is 5.27. The van der Waals surface area contributed by atoms with Crippen molar-refractivity contribution >= 4 is 5.69 Å². The molecule has 0 spiro atoms. The van der Waals surface area contributed by atoms with Crippen molar-refractivity contribution in [1.29, 1.82) is 0 Å². The quantitative estimate of drug-likeness (QED) is 0.595. The van der Waals surface area contributed by atoms with E-state index >= 15 is 0 Å². The highest BCUT2D eigenvalue weighted by Gasteiger charge is 2.25. The van der Waals surface area contributed by atoms with E-state index in [1.165, 1.54) is 31.4 Å². The zero-order valence-electron chi connectivity index (χ0n) is 13.6. The summed E-state index contributed by atoms with van der Waals surface area (Å²) in [4.78, 5) is 12.6. The van der Waals surface area contributed by atoms with Gasteiger partial charge in [0.15, 0.2) is 0 Å². The van der Waals surface area contributed by atoms with Crippen molar-refractivity contribution in [3.8, 4) is 0 Å². The summed E-state index contributed by atoms with van der Waals surface area (Å²) in [6, 6.07) is 6.51. The number of hydrogen-bond acceptors (Lipinski definition) is 5. The Balaban J connectivity index is 2.08. The lowest BCUT2D eigenvalue weighted by molar-refractivity contribution is -0.385. The molecule has 0 aromatic heterocycles. The second kappa shape index (κ2) is 8.38. The molecular weight excluding hydrogens is 296 g/mol. The van der Waals surface area contributed by atoms with Crippen LogP contribution in [0.2, 0.25) is 0 Å². The van der Waals surface area contributed by atoms with Crippen LogP contribution in [0.25, 0.3) is 0 Å². The molecule has 0 bridgehead atoms. The number of rotatable bonds is 7. The smallest absolute Gasteiger partial charge is 0.269 e. The summed E-state index contributed by atoms with van der Waals surface area (Å²) >= 11 is 0. The lowest BCUT2D eigenvalue weighted by Gasteiger charge is -2.36. The van der Waals surface area contributed by atoms with Gasteiger partial charge in [0.1, 0.15) is 0 Å². The van der Waals surface area contributed by atoms with Crippen molar-refractivity contribution < 1.29 is 15.1 Å². The minimum atomic E-state index is -0.796. The number of nitro groups is 1. The molecule has 1 saturated carbocycles. The van der Waals surface area contributed by atoms with Gasteiger partial charge in [0, 0.05) is 31.3 Å². The predicted octanol–water partition coefficient (Wildman–Crippen LogP) is 2.64. The maximum atomic E-state index is 10.9. The van der Waals surface area contributed by atoms with Crippen LogP contribution in [0.3, 0.4) is 0 Å². The molecule has 6 nitrogen and oxygen atoms in total. The standard InChI is InChI=1S/C17H26N2O4/c1-13(20)11-18(15-7-3-2-4-8-15)12-17(21)14-6-5-9-16(10-14)19(22)23/h5-6,9-10,13,15,17,20-21H,2-4,7-8,11-12H2,1H3. The third-order valence-corrected chi connectivity index (χ3v) is 4.46. The summed E-state index contributed by atoms with van der Waals surface area (Å²) in [5, 5.41) is 31.1. The first-order valence-electron chi connectivity index (χ1n) is 8.32. The fourth-order valence-corrected chi connectivity index (χ4v) is 3.33.